The summed E-state index contributed by atoms with van der Waals surface area (Å²) in [4.78, 5) is 12.1. The van der Waals surface area contributed by atoms with Crippen LogP contribution in [0.4, 0.5) is 5.82 Å². The maximum absolute atomic E-state index is 12.1. The number of aryl methyl sites for hydroxylation is 1. The molecule has 0 bridgehead atoms. The zero-order valence-electron chi connectivity index (χ0n) is 12.3. The van der Waals surface area contributed by atoms with Crippen LogP contribution < -0.4 is 5.32 Å². The molecule has 0 saturated carbocycles. The number of aromatic nitrogens is 2. The van der Waals surface area contributed by atoms with E-state index in [0.717, 1.165) is 17.8 Å². The Kier molecular flexibility index (Phi) is 4.56. The molecule has 0 aliphatic carbocycles. The van der Waals surface area contributed by atoms with E-state index in [9.17, 15) is 4.79 Å². The number of carbonyl (C=O) groups excluding carboxylic acids is 1. The second-order valence-corrected chi connectivity index (χ2v) is 5.13. The van der Waals surface area contributed by atoms with Gasteiger partial charge in [-0.3, -0.25) is 4.79 Å². The lowest BCUT2D eigenvalue weighted by Gasteiger charge is -2.14. The predicted molar refractivity (Wildman–Crippen MR) is 80.7 cm³/mol. The maximum Gasteiger partial charge on any atom is 0.229 e. The Morgan fingerprint density at radius 2 is 2.00 bits per heavy atom. The number of benzene rings is 1. The first-order valence-electron chi connectivity index (χ1n) is 6.99. The minimum absolute atomic E-state index is 0.0149. The molecule has 1 atom stereocenters. The standard InChI is InChI=1S/C16H21N3O/c1-4-13(3)19-15(9-10-17-19)18-16(20)11-14-7-5-12(2)6-8-14/h5-10,13H,4,11H2,1-3H3,(H,18,20). The van der Waals surface area contributed by atoms with Crippen LogP contribution >= 0.6 is 0 Å². The van der Waals surface area contributed by atoms with Crippen molar-refractivity contribution in [2.45, 2.75) is 39.7 Å². The van der Waals surface area contributed by atoms with Gasteiger partial charge < -0.3 is 5.32 Å². The Labute approximate surface area is 119 Å². The van der Waals surface area contributed by atoms with Gasteiger partial charge in [-0.1, -0.05) is 36.8 Å². The fraction of sp³-hybridized carbons (Fsp3) is 0.375. The second kappa shape index (κ2) is 6.37. The lowest BCUT2D eigenvalue weighted by atomic mass is 10.1. The summed E-state index contributed by atoms with van der Waals surface area (Å²) in [6.45, 7) is 6.22. The summed E-state index contributed by atoms with van der Waals surface area (Å²) in [7, 11) is 0. The molecule has 1 aromatic heterocycles. The summed E-state index contributed by atoms with van der Waals surface area (Å²) in [5, 5.41) is 7.19. The molecule has 0 saturated heterocycles. The lowest BCUT2D eigenvalue weighted by Crippen LogP contribution is -2.19. The van der Waals surface area contributed by atoms with E-state index >= 15 is 0 Å². The highest BCUT2D eigenvalue weighted by Crippen LogP contribution is 2.16. The van der Waals surface area contributed by atoms with Gasteiger partial charge in [0.2, 0.25) is 5.91 Å². The summed E-state index contributed by atoms with van der Waals surface area (Å²) in [5.41, 5.74) is 2.21. The Morgan fingerprint density at radius 3 is 2.65 bits per heavy atom. The molecule has 4 nitrogen and oxygen atoms in total. The highest BCUT2D eigenvalue weighted by Gasteiger charge is 2.11. The topological polar surface area (TPSA) is 46.9 Å². The van der Waals surface area contributed by atoms with Crippen molar-refractivity contribution < 1.29 is 4.79 Å². The molecule has 0 radical (unpaired) electrons. The normalized spacial score (nSPS) is 12.2. The lowest BCUT2D eigenvalue weighted by molar-refractivity contribution is -0.115. The largest absolute Gasteiger partial charge is 0.311 e. The number of hydrogen-bond donors (Lipinski definition) is 1. The van der Waals surface area contributed by atoms with Gasteiger partial charge in [-0.15, -0.1) is 0 Å². The minimum Gasteiger partial charge on any atom is -0.311 e. The zero-order chi connectivity index (χ0) is 14.5. The van der Waals surface area contributed by atoms with Crippen LogP contribution in [0.25, 0.3) is 0 Å². The van der Waals surface area contributed by atoms with Gasteiger partial charge in [-0.2, -0.15) is 5.10 Å². The number of carbonyl (C=O) groups is 1. The monoisotopic (exact) mass is 271 g/mol. The van der Waals surface area contributed by atoms with Crippen LogP contribution in [0.1, 0.15) is 37.4 Å². The molecule has 0 fully saturated rings. The quantitative estimate of drug-likeness (QED) is 0.906. The van der Waals surface area contributed by atoms with Crippen LogP contribution in [0.3, 0.4) is 0 Å². The molecular weight excluding hydrogens is 250 g/mol. The number of nitrogens with one attached hydrogen (secondary N) is 1. The first-order chi connectivity index (χ1) is 9.60. The van der Waals surface area contributed by atoms with Crippen molar-refractivity contribution >= 4 is 11.7 Å². The predicted octanol–water partition coefficient (Wildman–Crippen LogP) is 3.34. The molecule has 0 spiro atoms. The number of anilines is 1. The summed E-state index contributed by atoms with van der Waals surface area (Å²) in [5.74, 6) is 0.746. The Balaban J connectivity index is 2.01. The molecule has 2 aromatic rings. The van der Waals surface area contributed by atoms with Crippen molar-refractivity contribution in [1.82, 2.24) is 9.78 Å². The number of nitrogens with zero attached hydrogens (tertiary/aromatic N) is 2. The summed E-state index contributed by atoms with van der Waals surface area (Å²) in [6, 6.07) is 10.1. The highest BCUT2D eigenvalue weighted by atomic mass is 16.1. The van der Waals surface area contributed by atoms with Crippen molar-refractivity contribution in [3.8, 4) is 0 Å². The van der Waals surface area contributed by atoms with E-state index in [-0.39, 0.29) is 11.9 Å². The van der Waals surface area contributed by atoms with Gasteiger partial charge in [0.1, 0.15) is 5.82 Å². The SMILES string of the molecule is CCC(C)n1nccc1NC(=O)Cc1ccc(C)cc1. The van der Waals surface area contributed by atoms with E-state index < -0.39 is 0 Å². The van der Waals surface area contributed by atoms with E-state index in [0.29, 0.717) is 6.42 Å². The van der Waals surface area contributed by atoms with E-state index in [1.807, 2.05) is 41.9 Å². The highest BCUT2D eigenvalue weighted by molar-refractivity contribution is 5.91. The molecule has 2 rings (SSSR count). The van der Waals surface area contributed by atoms with Crippen LogP contribution in [-0.4, -0.2) is 15.7 Å². The van der Waals surface area contributed by atoms with E-state index in [1.54, 1.807) is 6.20 Å². The third kappa shape index (κ3) is 3.47. The molecule has 0 aliphatic rings. The third-order valence-corrected chi connectivity index (χ3v) is 3.43. The smallest absolute Gasteiger partial charge is 0.229 e. The number of amides is 1. The average Bonchev–Trinajstić information content (AvgIpc) is 2.88. The second-order valence-electron chi connectivity index (χ2n) is 5.13. The molecular formula is C16H21N3O. The van der Waals surface area contributed by atoms with Gasteiger partial charge in [0.15, 0.2) is 0 Å². The van der Waals surface area contributed by atoms with Gasteiger partial charge in [0, 0.05) is 6.07 Å². The summed E-state index contributed by atoms with van der Waals surface area (Å²) in [6.07, 6.45) is 3.07. The van der Waals surface area contributed by atoms with Crippen molar-refractivity contribution in [3.63, 3.8) is 0 Å². The van der Waals surface area contributed by atoms with E-state index in [1.165, 1.54) is 5.56 Å². The molecule has 1 heterocycles. The molecule has 20 heavy (non-hydrogen) atoms. The van der Waals surface area contributed by atoms with Crippen molar-refractivity contribution in [1.29, 1.82) is 0 Å². The molecule has 1 amide bonds. The van der Waals surface area contributed by atoms with Crippen LogP contribution in [0.2, 0.25) is 0 Å². The van der Waals surface area contributed by atoms with E-state index in [2.05, 4.69) is 24.3 Å². The third-order valence-electron chi connectivity index (χ3n) is 3.43. The summed E-state index contributed by atoms with van der Waals surface area (Å²) < 4.78 is 1.85. The first kappa shape index (κ1) is 14.3. The molecule has 0 aliphatic heterocycles. The van der Waals surface area contributed by atoms with Crippen LogP contribution in [-0.2, 0) is 11.2 Å². The maximum atomic E-state index is 12.1. The molecule has 1 aromatic carbocycles. The molecule has 106 valence electrons. The van der Waals surface area contributed by atoms with Gasteiger partial charge >= 0.3 is 0 Å². The Bertz CT molecular complexity index is 572. The fourth-order valence-corrected chi connectivity index (χ4v) is 2.02. The molecule has 4 heteroatoms. The Hall–Kier alpha value is -2.10. The zero-order valence-corrected chi connectivity index (χ0v) is 12.3. The van der Waals surface area contributed by atoms with Crippen LogP contribution in [0, 0.1) is 6.92 Å². The van der Waals surface area contributed by atoms with Gasteiger partial charge in [-0.05, 0) is 25.8 Å². The van der Waals surface area contributed by atoms with Gasteiger partial charge in [0.25, 0.3) is 0 Å². The summed E-state index contributed by atoms with van der Waals surface area (Å²) >= 11 is 0. The van der Waals surface area contributed by atoms with Crippen molar-refractivity contribution in [2.24, 2.45) is 0 Å². The number of hydrogen-bond acceptors (Lipinski definition) is 2. The van der Waals surface area contributed by atoms with Gasteiger partial charge in [-0.25, -0.2) is 4.68 Å². The van der Waals surface area contributed by atoms with E-state index in [4.69, 9.17) is 0 Å². The number of rotatable bonds is 5. The Morgan fingerprint density at radius 1 is 1.30 bits per heavy atom. The van der Waals surface area contributed by atoms with Crippen molar-refractivity contribution in [2.75, 3.05) is 5.32 Å². The fourth-order valence-electron chi connectivity index (χ4n) is 2.02. The average molecular weight is 271 g/mol. The van der Waals surface area contributed by atoms with Crippen LogP contribution in [0.15, 0.2) is 36.5 Å². The molecule has 1 N–H and O–H groups in total. The van der Waals surface area contributed by atoms with Gasteiger partial charge in [0.05, 0.1) is 18.7 Å². The minimum atomic E-state index is -0.0149. The van der Waals surface area contributed by atoms with Crippen molar-refractivity contribution in [3.05, 3.63) is 47.7 Å². The molecule has 1 unspecified atom stereocenters. The first-order valence-corrected chi connectivity index (χ1v) is 6.99. The van der Waals surface area contributed by atoms with Crippen LogP contribution in [0.5, 0.6) is 0 Å².